The highest BCUT2D eigenvalue weighted by Gasteiger charge is 2.11. The van der Waals surface area contributed by atoms with Crippen molar-refractivity contribution in [1.29, 1.82) is 15.9 Å². The molecule has 1 aliphatic carbocycles. The molecule has 5 heteroatoms. The highest BCUT2D eigenvalue weighted by molar-refractivity contribution is 5.88. The van der Waals surface area contributed by atoms with Gasteiger partial charge in [-0.2, -0.15) is 10.5 Å². The molecule has 0 fully saturated rings. The fourth-order valence-corrected chi connectivity index (χ4v) is 2.18. The van der Waals surface area contributed by atoms with Gasteiger partial charge in [-0.05, 0) is 12.1 Å². The van der Waals surface area contributed by atoms with E-state index in [1.165, 1.54) is 6.07 Å². The topological polar surface area (TPSA) is 100 Å². The van der Waals surface area contributed by atoms with Crippen LogP contribution in [0.5, 0.6) is 0 Å². The molecule has 1 aliphatic heterocycles. The maximum Gasteiger partial charge on any atom is 0.101 e. The van der Waals surface area contributed by atoms with E-state index in [1.54, 1.807) is 24.7 Å². The van der Waals surface area contributed by atoms with E-state index in [4.69, 9.17) is 10.7 Å². The van der Waals surface area contributed by atoms with Gasteiger partial charge < -0.3 is 10.4 Å². The first kappa shape index (κ1) is 10.9. The smallest absolute Gasteiger partial charge is 0.101 e. The molecule has 0 radical (unpaired) electrons. The summed E-state index contributed by atoms with van der Waals surface area (Å²) in [6, 6.07) is 7.23. The van der Waals surface area contributed by atoms with Crippen LogP contribution in [0.1, 0.15) is 11.1 Å². The number of nitrogens with one attached hydrogen (secondary N) is 2. The lowest BCUT2D eigenvalue weighted by atomic mass is 10.0. The quantitative estimate of drug-likeness (QED) is 0.627. The second kappa shape index (κ2) is 3.94. The Kier molecular flexibility index (Phi) is 2.27. The average molecular weight is 245 g/mol. The fraction of sp³-hybridized carbons (Fsp3) is 0. The lowest BCUT2D eigenvalue weighted by molar-refractivity contribution is 1.23. The summed E-state index contributed by atoms with van der Waals surface area (Å²) < 4.78 is 0. The average Bonchev–Trinajstić information content (AvgIpc) is 2.65. The molecule has 0 bridgehead atoms. The third-order valence-corrected chi connectivity index (χ3v) is 3.03. The summed E-state index contributed by atoms with van der Waals surface area (Å²) in [4.78, 5) is 7.05. The molecule has 1 aromatic heterocycles. The molecule has 0 unspecified atom stereocenters. The molecule has 0 spiro atoms. The summed E-state index contributed by atoms with van der Waals surface area (Å²) >= 11 is 0. The number of hydrogen-bond donors (Lipinski definition) is 2. The molecule has 3 rings (SSSR count). The third-order valence-electron chi connectivity index (χ3n) is 3.03. The number of rotatable bonds is 0. The van der Waals surface area contributed by atoms with Crippen molar-refractivity contribution in [2.75, 3.05) is 0 Å². The van der Waals surface area contributed by atoms with Crippen molar-refractivity contribution in [1.82, 2.24) is 9.97 Å². The second-order valence-electron chi connectivity index (χ2n) is 4.07. The molecular formula is C14H7N5. The molecule has 0 atom stereocenters. The number of fused-ring (bicyclic) bond motifs is 3. The number of hydrogen-bond acceptors (Lipinski definition) is 4. The summed E-state index contributed by atoms with van der Waals surface area (Å²) in [5, 5.41) is 29.4. The van der Waals surface area contributed by atoms with Crippen molar-refractivity contribution in [3.8, 4) is 12.1 Å². The first-order valence-corrected chi connectivity index (χ1v) is 5.53. The standard InChI is InChI=1S/C14H7N5/c15-4-8-3-9(5-16)12-10-7-18-2-1-11(17)13(10)14(12)19-6-8/h1-3,6-7,17,19H. The molecule has 0 amide bonds. The predicted molar refractivity (Wildman–Crippen MR) is 66.7 cm³/mol. The van der Waals surface area contributed by atoms with Crippen molar-refractivity contribution in [2.45, 2.75) is 0 Å². The summed E-state index contributed by atoms with van der Waals surface area (Å²) in [6.07, 6.45) is 4.73. The molecule has 5 nitrogen and oxygen atoms in total. The van der Waals surface area contributed by atoms with E-state index in [0.29, 0.717) is 21.8 Å². The van der Waals surface area contributed by atoms with E-state index < -0.39 is 0 Å². The SMILES string of the molecule is N#Cc1c[nH]c2c3c(=N)ccncc3c=2c(C#N)c1. The lowest BCUT2D eigenvalue weighted by Crippen LogP contribution is -2.02. The number of aromatic amines is 1. The van der Waals surface area contributed by atoms with Gasteiger partial charge >= 0.3 is 0 Å². The maximum absolute atomic E-state index is 9.22. The fourth-order valence-electron chi connectivity index (χ4n) is 2.18. The van der Waals surface area contributed by atoms with Gasteiger partial charge in [-0.1, -0.05) is 0 Å². The van der Waals surface area contributed by atoms with Crippen LogP contribution in [0.3, 0.4) is 0 Å². The zero-order valence-corrected chi connectivity index (χ0v) is 9.73. The monoisotopic (exact) mass is 245 g/mol. The van der Waals surface area contributed by atoms with Crippen LogP contribution in [0.25, 0.3) is 10.8 Å². The van der Waals surface area contributed by atoms with Crippen LogP contribution in [0.4, 0.5) is 0 Å². The molecular weight excluding hydrogens is 238 g/mol. The Morgan fingerprint density at radius 3 is 2.84 bits per heavy atom. The van der Waals surface area contributed by atoms with Gasteiger partial charge in [0.15, 0.2) is 0 Å². The largest absolute Gasteiger partial charge is 0.359 e. The van der Waals surface area contributed by atoms with Gasteiger partial charge in [-0.25, -0.2) is 0 Å². The van der Waals surface area contributed by atoms with Crippen LogP contribution in [0.2, 0.25) is 0 Å². The second-order valence-corrected chi connectivity index (χ2v) is 4.07. The Hall–Kier alpha value is -3.18. The van der Waals surface area contributed by atoms with E-state index in [-0.39, 0.29) is 0 Å². The van der Waals surface area contributed by atoms with Crippen molar-refractivity contribution in [3.05, 3.63) is 57.8 Å². The minimum Gasteiger partial charge on any atom is -0.359 e. The molecule has 88 valence electrons. The van der Waals surface area contributed by atoms with E-state index >= 15 is 0 Å². The molecule has 2 aliphatic rings. The number of nitriles is 2. The molecule has 0 aromatic carbocycles. The minimum absolute atomic E-state index is 0.338. The Labute approximate surface area is 107 Å². The molecule has 0 saturated heterocycles. The van der Waals surface area contributed by atoms with Crippen molar-refractivity contribution in [3.63, 3.8) is 0 Å². The van der Waals surface area contributed by atoms with E-state index in [1.807, 2.05) is 6.07 Å². The number of nitrogens with zero attached hydrogens (tertiary/aromatic N) is 3. The zero-order chi connectivity index (χ0) is 13.4. The van der Waals surface area contributed by atoms with Gasteiger partial charge in [0, 0.05) is 34.6 Å². The van der Waals surface area contributed by atoms with Gasteiger partial charge in [0.05, 0.1) is 27.9 Å². The van der Waals surface area contributed by atoms with Crippen LogP contribution in [0, 0.1) is 38.6 Å². The summed E-state index contributed by atoms with van der Waals surface area (Å²) in [7, 11) is 0. The van der Waals surface area contributed by atoms with Gasteiger partial charge in [-0.3, -0.25) is 4.98 Å². The van der Waals surface area contributed by atoms with Crippen LogP contribution in [0.15, 0.2) is 30.7 Å². The predicted octanol–water partition coefficient (Wildman–Crippen LogP) is 1.51. The van der Waals surface area contributed by atoms with Crippen LogP contribution >= 0.6 is 0 Å². The van der Waals surface area contributed by atoms with Crippen LogP contribution < -0.4 is 5.36 Å². The summed E-state index contributed by atoms with van der Waals surface area (Å²) in [6.45, 7) is 0. The van der Waals surface area contributed by atoms with E-state index in [9.17, 15) is 5.26 Å². The minimum atomic E-state index is 0.338. The zero-order valence-electron chi connectivity index (χ0n) is 9.73. The molecule has 19 heavy (non-hydrogen) atoms. The van der Waals surface area contributed by atoms with Crippen LogP contribution in [-0.4, -0.2) is 9.97 Å². The molecule has 0 saturated carbocycles. The van der Waals surface area contributed by atoms with Crippen LogP contribution in [-0.2, 0) is 0 Å². The lowest BCUT2D eigenvalue weighted by Gasteiger charge is -2.02. The van der Waals surface area contributed by atoms with Crippen molar-refractivity contribution in [2.24, 2.45) is 0 Å². The molecule has 1 aromatic rings. The Morgan fingerprint density at radius 2 is 2.11 bits per heavy atom. The van der Waals surface area contributed by atoms with Gasteiger partial charge in [-0.15, -0.1) is 0 Å². The van der Waals surface area contributed by atoms with Crippen molar-refractivity contribution < 1.29 is 0 Å². The highest BCUT2D eigenvalue weighted by atomic mass is 14.7. The highest BCUT2D eigenvalue weighted by Crippen LogP contribution is 2.20. The first-order valence-electron chi connectivity index (χ1n) is 5.53. The van der Waals surface area contributed by atoms with E-state index in [2.05, 4.69) is 16.0 Å². The summed E-state index contributed by atoms with van der Waals surface area (Å²) in [5.74, 6) is 0. The van der Waals surface area contributed by atoms with Gasteiger partial charge in [0.2, 0.25) is 0 Å². The Morgan fingerprint density at radius 1 is 1.26 bits per heavy atom. The number of H-pyrrole nitrogens is 1. The summed E-state index contributed by atoms with van der Waals surface area (Å²) in [5.41, 5.74) is 0.786. The molecule has 2 heterocycles. The van der Waals surface area contributed by atoms with Crippen molar-refractivity contribution >= 4 is 10.8 Å². The first-order chi connectivity index (χ1) is 9.26. The Bertz CT molecular complexity index is 1000. The molecule has 2 N–H and O–H groups in total. The Balaban J connectivity index is 2.68. The normalized spacial score (nSPS) is 10.2. The number of aromatic nitrogens is 2. The third kappa shape index (κ3) is 1.46. The van der Waals surface area contributed by atoms with Gasteiger partial charge in [0.25, 0.3) is 0 Å². The van der Waals surface area contributed by atoms with E-state index in [0.717, 1.165) is 16.0 Å². The maximum atomic E-state index is 9.22. The van der Waals surface area contributed by atoms with Gasteiger partial charge in [0.1, 0.15) is 6.07 Å².